The number of thioether (sulfide) groups is 1. The second-order valence-electron chi connectivity index (χ2n) is 5.32. The molecule has 0 bridgehead atoms. The highest BCUT2D eigenvalue weighted by molar-refractivity contribution is 8.00. The van der Waals surface area contributed by atoms with Gasteiger partial charge in [-0.15, -0.1) is 0 Å². The summed E-state index contributed by atoms with van der Waals surface area (Å²) in [5.41, 5.74) is 1.69. The molecule has 0 saturated carbocycles. The third kappa shape index (κ3) is 3.86. The van der Waals surface area contributed by atoms with Crippen LogP contribution in [0.4, 0.5) is 5.69 Å². The zero-order valence-electron chi connectivity index (χ0n) is 13.5. The van der Waals surface area contributed by atoms with Crippen molar-refractivity contribution in [3.63, 3.8) is 0 Å². The quantitative estimate of drug-likeness (QED) is 0.702. The van der Waals surface area contributed by atoms with Crippen LogP contribution in [-0.2, 0) is 4.79 Å². The number of nitrogens with one attached hydrogen (secondary N) is 1. The van der Waals surface area contributed by atoms with E-state index in [1.54, 1.807) is 7.11 Å². The standard InChI is InChI=1S/C19H18N2O2S/c1-13(19(22)20-15-8-10-16(23-2)11-9-15)24-18-12-7-14-5-3-4-6-17(14)21-18/h3-13H,1-2H3,(H,20,22)/t13-/m1/s1. The Morgan fingerprint density at radius 1 is 1.08 bits per heavy atom. The maximum Gasteiger partial charge on any atom is 0.237 e. The number of para-hydroxylation sites is 1. The maximum absolute atomic E-state index is 12.3. The second-order valence-corrected chi connectivity index (χ2v) is 6.68. The summed E-state index contributed by atoms with van der Waals surface area (Å²) in [6.45, 7) is 1.88. The summed E-state index contributed by atoms with van der Waals surface area (Å²) in [6.07, 6.45) is 0. The summed E-state index contributed by atoms with van der Waals surface area (Å²) in [6, 6.07) is 19.2. The van der Waals surface area contributed by atoms with Gasteiger partial charge in [0.15, 0.2) is 0 Å². The minimum atomic E-state index is -0.249. The van der Waals surface area contributed by atoms with Gasteiger partial charge in [0, 0.05) is 11.1 Å². The fourth-order valence-electron chi connectivity index (χ4n) is 2.27. The first-order valence-corrected chi connectivity index (χ1v) is 8.51. The van der Waals surface area contributed by atoms with Crippen LogP contribution in [0.3, 0.4) is 0 Å². The Bertz CT molecular complexity index is 849. The highest BCUT2D eigenvalue weighted by Gasteiger charge is 2.15. The van der Waals surface area contributed by atoms with E-state index in [2.05, 4.69) is 10.3 Å². The highest BCUT2D eigenvalue weighted by Crippen LogP contribution is 2.25. The summed E-state index contributed by atoms with van der Waals surface area (Å²) >= 11 is 1.45. The van der Waals surface area contributed by atoms with E-state index in [9.17, 15) is 4.79 Å². The van der Waals surface area contributed by atoms with E-state index < -0.39 is 0 Å². The van der Waals surface area contributed by atoms with Gasteiger partial charge in [-0.25, -0.2) is 4.98 Å². The lowest BCUT2D eigenvalue weighted by atomic mass is 10.2. The number of carbonyl (C=O) groups is 1. The summed E-state index contributed by atoms with van der Waals surface area (Å²) in [7, 11) is 1.61. The number of ether oxygens (including phenoxy) is 1. The Morgan fingerprint density at radius 3 is 2.58 bits per heavy atom. The van der Waals surface area contributed by atoms with E-state index >= 15 is 0 Å². The smallest absolute Gasteiger partial charge is 0.237 e. The number of aromatic nitrogens is 1. The van der Waals surface area contributed by atoms with Crippen molar-refractivity contribution in [2.75, 3.05) is 12.4 Å². The zero-order valence-corrected chi connectivity index (χ0v) is 14.3. The first kappa shape index (κ1) is 16.3. The predicted molar refractivity (Wildman–Crippen MR) is 98.7 cm³/mol. The van der Waals surface area contributed by atoms with Crippen molar-refractivity contribution in [1.29, 1.82) is 0 Å². The van der Waals surface area contributed by atoms with Gasteiger partial charge in [0.25, 0.3) is 0 Å². The second kappa shape index (κ2) is 7.36. The number of hydrogen-bond acceptors (Lipinski definition) is 4. The molecule has 2 aromatic carbocycles. The monoisotopic (exact) mass is 338 g/mol. The molecule has 1 amide bonds. The van der Waals surface area contributed by atoms with Crippen LogP contribution in [0, 0.1) is 0 Å². The number of carbonyl (C=O) groups excluding carboxylic acids is 1. The fourth-order valence-corrected chi connectivity index (χ4v) is 3.09. The Balaban J connectivity index is 1.65. The Hall–Kier alpha value is -2.53. The summed E-state index contributed by atoms with van der Waals surface area (Å²) in [5, 5.41) is 4.59. The molecule has 0 aliphatic rings. The van der Waals surface area contributed by atoms with Crippen molar-refractivity contribution in [1.82, 2.24) is 4.98 Å². The van der Waals surface area contributed by atoms with Gasteiger partial charge >= 0.3 is 0 Å². The molecule has 0 radical (unpaired) electrons. The first-order valence-electron chi connectivity index (χ1n) is 7.63. The van der Waals surface area contributed by atoms with E-state index in [1.807, 2.05) is 67.6 Å². The van der Waals surface area contributed by atoms with Gasteiger partial charge in [-0.3, -0.25) is 4.79 Å². The van der Waals surface area contributed by atoms with Gasteiger partial charge < -0.3 is 10.1 Å². The number of nitrogens with zero attached hydrogens (tertiary/aromatic N) is 1. The molecule has 122 valence electrons. The molecule has 1 N–H and O–H groups in total. The lowest BCUT2D eigenvalue weighted by Gasteiger charge is -2.12. The van der Waals surface area contributed by atoms with Crippen molar-refractivity contribution < 1.29 is 9.53 Å². The molecular formula is C19H18N2O2S. The lowest BCUT2D eigenvalue weighted by Crippen LogP contribution is -2.22. The van der Waals surface area contributed by atoms with Gasteiger partial charge in [0.05, 0.1) is 22.9 Å². The molecule has 0 spiro atoms. The number of amides is 1. The molecule has 24 heavy (non-hydrogen) atoms. The van der Waals surface area contributed by atoms with Crippen LogP contribution in [0.25, 0.3) is 10.9 Å². The molecule has 0 fully saturated rings. The van der Waals surface area contributed by atoms with Crippen LogP contribution in [0.15, 0.2) is 65.7 Å². The summed E-state index contributed by atoms with van der Waals surface area (Å²) in [4.78, 5) is 16.9. The van der Waals surface area contributed by atoms with Gasteiger partial charge in [0.1, 0.15) is 5.75 Å². The third-order valence-corrected chi connectivity index (χ3v) is 4.63. The largest absolute Gasteiger partial charge is 0.497 e. The van der Waals surface area contributed by atoms with E-state index in [1.165, 1.54) is 11.8 Å². The fraction of sp³-hybridized carbons (Fsp3) is 0.158. The number of fused-ring (bicyclic) bond motifs is 1. The number of benzene rings is 2. The van der Waals surface area contributed by atoms with Crippen molar-refractivity contribution >= 4 is 34.3 Å². The van der Waals surface area contributed by atoms with Crippen molar-refractivity contribution in [3.05, 3.63) is 60.7 Å². The van der Waals surface area contributed by atoms with Gasteiger partial charge in [0.2, 0.25) is 5.91 Å². The average Bonchev–Trinajstić information content (AvgIpc) is 2.62. The third-order valence-electron chi connectivity index (χ3n) is 3.60. The van der Waals surface area contributed by atoms with Crippen LogP contribution in [0.1, 0.15) is 6.92 Å². The van der Waals surface area contributed by atoms with Crippen molar-refractivity contribution in [2.24, 2.45) is 0 Å². The van der Waals surface area contributed by atoms with Crippen molar-refractivity contribution in [3.8, 4) is 5.75 Å². The number of hydrogen-bond donors (Lipinski definition) is 1. The van der Waals surface area contributed by atoms with Crippen LogP contribution in [0.5, 0.6) is 5.75 Å². The van der Waals surface area contributed by atoms with Crippen LogP contribution in [0.2, 0.25) is 0 Å². The molecule has 5 heteroatoms. The average molecular weight is 338 g/mol. The molecule has 3 aromatic rings. The Kier molecular flexibility index (Phi) is 5.01. The molecule has 0 unspecified atom stereocenters. The molecule has 4 nitrogen and oxygen atoms in total. The highest BCUT2D eigenvalue weighted by atomic mass is 32.2. The van der Waals surface area contributed by atoms with Crippen LogP contribution < -0.4 is 10.1 Å². The maximum atomic E-state index is 12.3. The number of methoxy groups -OCH3 is 1. The van der Waals surface area contributed by atoms with Crippen LogP contribution in [-0.4, -0.2) is 23.3 Å². The minimum absolute atomic E-state index is 0.0554. The van der Waals surface area contributed by atoms with Gasteiger partial charge in [-0.1, -0.05) is 36.0 Å². The molecule has 1 heterocycles. The zero-order chi connectivity index (χ0) is 16.9. The molecule has 0 aliphatic carbocycles. The number of anilines is 1. The molecule has 1 atom stereocenters. The summed E-state index contributed by atoms with van der Waals surface area (Å²) < 4.78 is 5.11. The van der Waals surface area contributed by atoms with E-state index in [-0.39, 0.29) is 11.2 Å². The number of rotatable bonds is 5. The SMILES string of the molecule is COc1ccc(NC(=O)[C@@H](C)Sc2ccc3ccccc3n2)cc1. The minimum Gasteiger partial charge on any atom is -0.497 e. The van der Waals surface area contributed by atoms with Gasteiger partial charge in [-0.05, 0) is 43.3 Å². The molecule has 1 aromatic heterocycles. The predicted octanol–water partition coefficient (Wildman–Crippen LogP) is 4.36. The number of pyridine rings is 1. The molecule has 0 saturated heterocycles. The molecular weight excluding hydrogens is 320 g/mol. The van der Waals surface area contributed by atoms with E-state index in [0.717, 1.165) is 27.4 Å². The van der Waals surface area contributed by atoms with Gasteiger partial charge in [-0.2, -0.15) is 0 Å². The van der Waals surface area contributed by atoms with E-state index in [4.69, 9.17) is 4.74 Å². The lowest BCUT2D eigenvalue weighted by molar-refractivity contribution is -0.115. The molecule has 0 aliphatic heterocycles. The topological polar surface area (TPSA) is 51.2 Å². The molecule has 3 rings (SSSR count). The van der Waals surface area contributed by atoms with Crippen LogP contribution >= 0.6 is 11.8 Å². The van der Waals surface area contributed by atoms with Crippen molar-refractivity contribution in [2.45, 2.75) is 17.2 Å². The first-order chi connectivity index (χ1) is 11.7. The Morgan fingerprint density at radius 2 is 1.83 bits per heavy atom. The Labute approximate surface area is 145 Å². The normalized spacial score (nSPS) is 11.9. The van der Waals surface area contributed by atoms with E-state index in [0.29, 0.717) is 0 Å². The summed E-state index contributed by atoms with van der Waals surface area (Å²) in [5.74, 6) is 0.705.